The van der Waals surface area contributed by atoms with E-state index in [1.165, 1.54) is 12.0 Å². The summed E-state index contributed by atoms with van der Waals surface area (Å²) >= 11 is 0. The maximum atomic E-state index is 12.9. The highest BCUT2D eigenvalue weighted by Crippen LogP contribution is 2.19. The zero-order chi connectivity index (χ0) is 21.5. The molecule has 0 fully saturated rings. The van der Waals surface area contributed by atoms with E-state index in [9.17, 15) is 14.4 Å². The Morgan fingerprint density at radius 2 is 1.37 bits per heavy atom. The predicted molar refractivity (Wildman–Crippen MR) is 113 cm³/mol. The number of methoxy groups -OCH3 is 1. The molecular weight excluding hydrogens is 382 g/mol. The fraction of sp³-hybridized carbons (Fsp3) is 0.125. The van der Waals surface area contributed by atoms with Crippen LogP contribution in [-0.4, -0.2) is 32.0 Å². The number of para-hydroxylation sites is 1. The van der Waals surface area contributed by atoms with Crippen molar-refractivity contribution in [2.24, 2.45) is 0 Å². The van der Waals surface area contributed by atoms with Gasteiger partial charge in [-0.15, -0.1) is 0 Å². The third-order valence-electron chi connectivity index (χ3n) is 4.57. The van der Waals surface area contributed by atoms with E-state index in [2.05, 4.69) is 4.74 Å². The maximum absolute atomic E-state index is 12.9. The van der Waals surface area contributed by atoms with Gasteiger partial charge < -0.3 is 14.4 Å². The van der Waals surface area contributed by atoms with E-state index in [0.29, 0.717) is 11.1 Å². The molecule has 0 aliphatic heterocycles. The van der Waals surface area contributed by atoms with Crippen molar-refractivity contribution < 1.29 is 23.9 Å². The smallest absolute Gasteiger partial charge is 0.339 e. The van der Waals surface area contributed by atoms with E-state index in [1.807, 2.05) is 30.3 Å². The average molecular weight is 403 g/mol. The molecule has 3 aromatic carbocycles. The fourth-order valence-corrected chi connectivity index (χ4v) is 2.88. The zero-order valence-corrected chi connectivity index (χ0v) is 16.7. The summed E-state index contributed by atoms with van der Waals surface area (Å²) < 4.78 is 10.1. The molecule has 0 spiro atoms. The molecule has 30 heavy (non-hydrogen) atoms. The van der Waals surface area contributed by atoms with E-state index >= 15 is 0 Å². The Morgan fingerprint density at radius 3 is 2.00 bits per heavy atom. The molecule has 6 nitrogen and oxygen atoms in total. The Bertz CT molecular complexity index is 1040. The van der Waals surface area contributed by atoms with Crippen molar-refractivity contribution in [3.05, 3.63) is 101 Å². The minimum atomic E-state index is -0.600. The Morgan fingerprint density at radius 1 is 0.767 bits per heavy atom. The van der Waals surface area contributed by atoms with Crippen LogP contribution in [0.2, 0.25) is 0 Å². The zero-order valence-electron chi connectivity index (χ0n) is 16.7. The van der Waals surface area contributed by atoms with Crippen molar-refractivity contribution in [2.45, 2.75) is 6.61 Å². The Balaban J connectivity index is 1.72. The molecule has 3 aromatic rings. The van der Waals surface area contributed by atoms with Gasteiger partial charge in [-0.2, -0.15) is 0 Å². The normalized spacial score (nSPS) is 10.2. The van der Waals surface area contributed by atoms with Crippen molar-refractivity contribution in [3.63, 3.8) is 0 Å². The third kappa shape index (κ3) is 4.72. The molecule has 0 bridgehead atoms. The fourth-order valence-electron chi connectivity index (χ4n) is 2.88. The minimum absolute atomic E-state index is 0.0112. The molecule has 0 radical (unpaired) electrons. The predicted octanol–water partition coefficient (Wildman–Crippen LogP) is 4.11. The second-order valence-corrected chi connectivity index (χ2v) is 6.51. The molecule has 0 aliphatic rings. The Hall–Kier alpha value is -3.93. The largest absolute Gasteiger partial charge is 0.465 e. The van der Waals surface area contributed by atoms with Gasteiger partial charge in [0, 0.05) is 12.7 Å². The third-order valence-corrected chi connectivity index (χ3v) is 4.57. The lowest BCUT2D eigenvalue weighted by atomic mass is 10.1. The summed E-state index contributed by atoms with van der Waals surface area (Å²) in [6.45, 7) is 0.0112. The van der Waals surface area contributed by atoms with Crippen LogP contribution in [-0.2, 0) is 16.1 Å². The first-order valence-corrected chi connectivity index (χ1v) is 9.27. The number of ether oxygens (including phenoxy) is 2. The standard InChI is InChI=1S/C24H21NO5/c1-25(19-8-4-3-5-9-19)22(26)20-10-6-7-11-21(20)24(28)30-16-17-12-14-18(15-13-17)23(27)29-2/h3-15H,16H2,1-2H3. The van der Waals surface area contributed by atoms with Crippen molar-refractivity contribution in [3.8, 4) is 0 Å². The topological polar surface area (TPSA) is 72.9 Å². The van der Waals surface area contributed by atoms with Gasteiger partial charge in [0.1, 0.15) is 6.61 Å². The van der Waals surface area contributed by atoms with Gasteiger partial charge in [-0.25, -0.2) is 9.59 Å². The number of anilines is 1. The molecule has 0 atom stereocenters. The van der Waals surface area contributed by atoms with E-state index in [0.717, 1.165) is 5.69 Å². The molecule has 0 saturated heterocycles. The molecule has 0 saturated carbocycles. The molecule has 0 unspecified atom stereocenters. The molecule has 1 amide bonds. The number of nitrogens with zero attached hydrogens (tertiary/aromatic N) is 1. The first kappa shape index (κ1) is 20.8. The number of hydrogen-bond acceptors (Lipinski definition) is 5. The molecule has 0 aromatic heterocycles. The molecule has 3 rings (SSSR count). The number of benzene rings is 3. The van der Waals surface area contributed by atoms with E-state index in [1.54, 1.807) is 55.6 Å². The molecule has 152 valence electrons. The van der Waals surface area contributed by atoms with Gasteiger partial charge in [0.05, 0.1) is 23.8 Å². The average Bonchev–Trinajstić information content (AvgIpc) is 2.82. The van der Waals surface area contributed by atoms with Crippen LogP contribution in [0.4, 0.5) is 5.69 Å². The summed E-state index contributed by atoms with van der Waals surface area (Å²) in [4.78, 5) is 38.6. The summed E-state index contributed by atoms with van der Waals surface area (Å²) in [5.74, 6) is -1.35. The van der Waals surface area contributed by atoms with Crippen LogP contribution in [0, 0.1) is 0 Å². The Labute approximate surface area is 174 Å². The maximum Gasteiger partial charge on any atom is 0.339 e. The van der Waals surface area contributed by atoms with Gasteiger partial charge in [-0.1, -0.05) is 42.5 Å². The van der Waals surface area contributed by atoms with Crippen LogP contribution in [0.3, 0.4) is 0 Å². The highest BCUT2D eigenvalue weighted by atomic mass is 16.5. The van der Waals surface area contributed by atoms with Gasteiger partial charge >= 0.3 is 11.9 Å². The van der Waals surface area contributed by atoms with Gasteiger partial charge in [0.2, 0.25) is 0 Å². The summed E-state index contributed by atoms with van der Waals surface area (Å²) in [5.41, 5.74) is 2.29. The van der Waals surface area contributed by atoms with Crippen LogP contribution in [0.5, 0.6) is 0 Å². The lowest BCUT2D eigenvalue weighted by molar-refractivity contribution is 0.0468. The summed E-state index contributed by atoms with van der Waals surface area (Å²) in [5, 5.41) is 0. The van der Waals surface area contributed by atoms with Crippen molar-refractivity contribution in [1.29, 1.82) is 0 Å². The van der Waals surface area contributed by atoms with E-state index in [-0.39, 0.29) is 23.6 Å². The highest BCUT2D eigenvalue weighted by molar-refractivity contribution is 6.11. The molecule has 0 aliphatic carbocycles. The van der Waals surface area contributed by atoms with E-state index in [4.69, 9.17) is 4.74 Å². The number of esters is 2. The first-order valence-electron chi connectivity index (χ1n) is 9.27. The first-order chi connectivity index (χ1) is 14.5. The van der Waals surface area contributed by atoms with Crippen LogP contribution in [0.15, 0.2) is 78.9 Å². The SMILES string of the molecule is COC(=O)c1ccc(COC(=O)c2ccccc2C(=O)N(C)c2ccccc2)cc1. The van der Waals surface area contributed by atoms with Crippen molar-refractivity contribution in [2.75, 3.05) is 19.1 Å². The monoisotopic (exact) mass is 403 g/mol. The lowest BCUT2D eigenvalue weighted by Crippen LogP contribution is -2.28. The number of amides is 1. The summed E-state index contributed by atoms with van der Waals surface area (Å²) in [6.07, 6.45) is 0. The Kier molecular flexibility index (Phi) is 6.60. The minimum Gasteiger partial charge on any atom is -0.465 e. The second kappa shape index (κ2) is 9.52. The number of carbonyl (C=O) groups is 3. The van der Waals surface area contributed by atoms with Gasteiger partial charge in [0.25, 0.3) is 5.91 Å². The van der Waals surface area contributed by atoms with Gasteiger partial charge in [-0.3, -0.25) is 4.79 Å². The highest BCUT2D eigenvalue weighted by Gasteiger charge is 2.21. The molecule has 0 N–H and O–H groups in total. The lowest BCUT2D eigenvalue weighted by Gasteiger charge is -2.18. The van der Waals surface area contributed by atoms with E-state index < -0.39 is 11.9 Å². The number of rotatable bonds is 6. The van der Waals surface area contributed by atoms with Crippen LogP contribution >= 0.6 is 0 Å². The van der Waals surface area contributed by atoms with Crippen LogP contribution < -0.4 is 4.90 Å². The number of hydrogen-bond donors (Lipinski definition) is 0. The van der Waals surface area contributed by atoms with Crippen LogP contribution in [0.1, 0.15) is 36.6 Å². The number of carbonyl (C=O) groups excluding carboxylic acids is 3. The second-order valence-electron chi connectivity index (χ2n) is 6.51. The molecule has 0 heterocycles. The summed E-state index contributed by atoms with van der Waals surface area (Å²) in [7, 11) is 2.97. The van der Waals surface area contributed by atoms with Crippen LogP contribution in [0.25, 0.3) is 0 Å². The molecular formula is C24H21NO5. The van der Waals surface area contributed by atoms with Crippen molar-refractivity contribution >= 4 is 23.5 Å². The summed E-state index contributed by atoms with van der Waals surface area (Å²) in [6, 6.07) is 22.3. The quantitative estimate of drug-likeness (QED) is 0.579. The molecule has 6 heteroatoms. The van der Waals surface area contributed by atoms with Gasteiger partial charge in [0.15, 0.2) is 0 Å². The van der Waals surface area contributed by atoms with Crippen molar-refractivity contribution in [1.82, 2.24) is 0 Å². The van der Waals surface area contributed by atoms with Gasteiger partial charge in [-0.05, 0) is 42.0 Å².